The molecule has 3 rings (SSSR count). The Kier molecular flexibility index (Phi) is 8.95. The van der Waals surface area contributed by atoms with Crippen LogP contribution in [0.1, 0.15) is 41.6 Å². The molecule has 1 aliphatic rings. The summed E-state index contributed by atoms with van der Waals surface area (Å²) in [4.78, 5) is 37.0. The van der Waals surface area contributed by atoms with Crippen LogP contribution in [0, 0.1) is 11.3 Å². The van der Waals surface area contributed by atoms with Crippen LogP contribution in [0.15, 0.2) is 42.5 Å². The van der Waals surface area contributed by atoms with E-state index in [1.807, 2.05) is 0 Å². The highest BCUT2D eigenvalue weighted by molar-refractivity contribution is 6.39. The predicted molar refractivity (Wildman–Crippen MR) is 135 cm³/mol. The van der Waals surface area contributed by atoms with Crippen LogP contribution in [0.3, 0.4) is 0 Å². The van der Waals surface area contributed by atoms with E-state index in [4.69, 9.17) is 34.3 Å². The van der Waals surface area contributed by atoms with Crippen LogP contribution in [0.5, 0.6) is 0 Å². The second kappa shape index (κ2) is 11.9. The Bertz CT molecular complexity index is 1090. The maximum absolute atomic E-state index is 12.7. The van der Waals surface area contributed by atoms with E-state index in [2.05, 4.69) is 16.0 Å². The fraction of sp³-hybridized carbons (Fsp3) is 0.333. The molecule has 2 aromatic rings. The molecule has 0 radical (unpaired) electrons. The molecule has 3 atom stereocenters. The Morgan fingerprint density at radius 1 is 1.09 bits per heavy atom. The Hall–Kier alpha value is -3.30. The molecule has 0 saturated heterocycles. The number of nitrogens with two attached hydrogens (primary N) is 1. The molecule has 35 heavy (non-hydrogen) atoms. The number of guanidine groups is 1. The quantitative estimate of drug-likeness (QED) is 0.231. The minimum Gasteiger partial charge on any atom is -0.480 e. The standard InChI is InChI=1S/C24H27Cl2N5O4/c25-17-5-2-6-18(26)20(17)22(33)31-19(23(34)35)11-13-7-9-15(10-8-13)29-21(32)14-3-1-4-16(12-14)30-24(27)28/h2,5-10,14,16,19H,1,3-4,11-12H2,(H,29,32)(H,31,33)(H,34,35)(H4,27,28,30)/t14-,16+,19+/m1/s1. The summed E-state index contributed by atoms with van der Waals surface area (Å²) in [5.41, 5.74) is 6.66. The molecule has 2 aromatic carbocycles. The number of benzene rings is 2. The molecule has 2 amide bonds. The SMILES string of the molecule is N=C(N)N[C@H]1CCC[C@@H](C(=O)Nc2ccc(C[C@H](NC(=O)c3c(Cl)cccc3Cl)C(=O)O)cc2)C1. The number of rotatable bonds is 8. The molecule has 0 bridgehead atoms. The normalized spacial score (nSPS) is 18.2. The first-order valence-electron chi connectivity index (χ1n) is 11.1. The summed E-state index contributed by atoms with van der Waals surface area (Å²) in [6, 6.07) is 10.2. The maximum atomic E-state index is 12.7. The van der Waals surface area contributed by atoms with Crippen molar-refractivity contribution < 1.29 is 19.5 Å². The minimum atomic E-state index is -1.21. The molecule has 186 valence electrons. The molecular formula is C24H27Cl2N5O4. The van der Waals surface area contributed by atoms with Crippen molar-refractivity contribution >= 4 is 52.6 Å². The second-order valence-electron chi connectivity index (χ2n) is 8.47. The molecule has 0 aromatic heterocycles. The molecule has 1 fully saturated rings. The van der Waals surface area contributed by atoms with E-state index >= 15 is 0 Å². The summed E-state index contributed by atoms with van der Waals surface area (Å²) in [5.74, 6) is -2.28. The van der Waals surface area contributed by atoms with Crippen molar-refractivity contribution in [1.29, 1.82) is 5.41 Å². The Balaban J connectivity index is 1.60. The van der Waals surface area contributed by atoms with Crippen molar-refractivity contribution in [3.8, 4) is 0 Å². The zero-order valence-corrected chi connectivity index (χ0v) is 20.3. The van der Waals surface area contributed by atoms with Gasteiger partial charge >= 0.3 is 5.97 Å². The van der Waals surface area contributed by atoms with E-state index < -0.39 is 17.9 Å². The summed E-state index contributed by atoms with van der Waals surface area (Å²) in [6.45, 7) is 0. The van der Waals surface area contributed by atoms with Crippen molar-refractivity contribution in [2.45, 2.75) is 44.2 Å². The lowest BCUT2D eigenvalue weighted by molar-refractivity contribution is -0.139. The van der Waals surface area contributed by atoms with Gasteiger partial charge in [0.15, 0.2) is 5.96 Å². The van der Waals surface area contributed by atoms with Crippen molar-refractivity contribution in [1.82, 2.24) is 10.6 Å². The van der Waals surface area contributed by atoms with Crippen LogP contribution in [0.4, 0.5) is 5.69 Å². The van der Waals surface area contributed by atoms with Gasteiger partial charge in [-0.2, -0.15) is 0 Å². The number of aliphatic carboxylic acids is 1. The predicted octanol–water partition coefficient (Wildman–Crippen LogP) is 3.40. The molecule has 0 heterocycles. The average Bonchev–Trinajstić information content (AvgIpc) is 2.79. The Morgan fingerprint density at radius 3 is 2.34 bits per heavy atom. The van der Waals surface area contributed by atoms with Gasteiger partial charge in [0.2, 0.25) is 5.91 Å². The number of hydrogen-bond acceptors (Lipinski definition) is 4. The largest absolute Gasteiger partial charge is 0.480 e. The minimum absolute atomic E-state index is 0.00295. The van der Waals surface area contributed by atoms with Gasteiger partial charge in [-0.15, -0.1) is 0 Å². The van der Waals surface area contributed by atoms with Gasteiger partial charge in [-0.05, 0) is 49.1 Å². The number of anilines is 1. The molecule has 0 spiro atoms. The number of carbonyl (C=O) groups excluding carboxylic acids is 2. The highest BCUT2D eigenvalue weighted by Gasteiger charge is 2.28. The number of amides is 2. The van der Waals surface area contributed by atoms with E-state index in [-0.39, 0.29) is 45.9 Å². The smallest absolute Gasteiger partial charge is 0.326 e. The lowest BCUT2D eigenvalue weighted by Gasteiger charge is -2.29. The third-order valence-corrected chi connectivity index (χ3v) is 6.49. The zero-order chi connectivity index (χ0) is 25.5. The average molecular weight is 520 g/mol. The van der Waals surface area contributed by atoms with Gasteiger partial charge in [-0.3, -0.25) is 15.0 Å². The molecular weight excluding hydrogens is 493 g/mol. The first-order valence-corrected chi connectivity index (χ1v) is 11.9. The van der Waals surface area contributed by atoms with Crippen molar-refractivity contribution in [3.05, 3.63) is 63.6 Å². The highest BCUT2D eigenvalue weighted by atomic mass is 35.5. The van der Waals surface area contributed by atoms with Crippen LogP contribution >= 0.6 is 23.2 Å². The molecule has 11 heteroatoms. The number of halogens is 2. The third-order valence-electron chi connectivity index (χ3n) is 5.86. The number of carbonyl (C=O) groups is 3. The number of nitrogens with one attached hydrogen (secondary N) is 4. The van der Waals surface area contributed by atoms with Gasteiger partial charge in [0.1, 0.15) is 6.04 Å². The lowest BCUT2D eigenvalue weighted by atomic mass is 9.85. The van der Waals surface area contributed by atoms with Crippen LogP contribution in [0.25, 0.3) is 0 Å². The Morgan fingerprint density at radius 2 is 1.74 bits per heavy atom. The van der Waals surface area contributed by atoms with Gasteiger partial charge in [-0.25, -0.2) is 4.79 Å². The highest BCUT2D eigenvalue weighted by Crippen LogP contribution is 2.26. The molecule has 1 aliphatic carbocycles. The van der Waals surface area contributed by atoms with Gasteiger partial charge in [-0.1, -0.05) is 47.8 Å². The lowest BCUT2D eigenvalue weighted by Crippen LogP contribution is -2.43. The number of carboxylic acid groups (broad SMARTS) is 1. The molecule has 7 N–H and O–H groups in total. The number of carboxylic acids is 1. The fourth-order valence-electron chi connectivity index (χ4n) is 4.13. The van der Waals surface area contributed by atoms with Crippen LogP contribution < -0.4 is 21.7 Å². The first kappa shape index (κ1) is 26.3. The van der Waals surface area contributed by atoms with Crippen molar-refractivity contribution in [3.63, 3.8) is 0 Å². The summed E-state index contributed by atoms with van der Waals surface area (Å²) < 4.78 is 0. The van der Waals surface area contributed by atoms with Gasteiger partial charge in [0, 0.05) is 24.1 Å². The zero-order valence-electron chi connectivity index (χ0n) is 18.8. The summed E-state index contributed by atoms with van der Waals surface area (Å²) >= 11 is 12.1. The molecule has 9 nitrogen and oxygen atoms in total. The van der Waals surface area contributed by atoms with E-state index in [1.165, 1.54) is 12.1 Å². The molecule has 0 aliphatic heterocycles. The second-order valence-corrected chi connectivity index (χ2v) is 9.28. The van der Waals surface area contributed by atoms with E-state index in [9.17, 15) is 19.5 Å². The topological polar surface area (TPSA) is 157 Å². The van der Waals surface area contributed by atoms with E-state index in [1.54, 1.807) is 30.3 Å². The monoisotopic (exact) mass is 519 g/mol. The summed E-state index contributed by atoms with van der Waals surface area (Å²) in [6.07, 6.45) is 3.11. The summed E-state index contributed by atoms with van der Waals surface area (Å²) in [5, 5.41) is 25.5. The fourth-order valence-corrected chi connectivity index (χ4v) is 4.70. The van der Waals surface area contributed by atoms with Crippen LogP contribution in [-0.2, 0) is 16.0 Å². The molecule has 0 unspecified atom stereocenters. The third kappa shape index (κ3) is 7.34. The van der Waals surface area contributed by atoms with Crippen LogP contribution in [-0.4, -0.2) is 40.9 Å². The Labute approximate surface area is 212 Å². The summed E-state index contributed by atoms with van der Waals surface area (Å²) in [7, 11) is 0. The van der Waals surface area contributed by atoms with Crippen molar-refractivity contribution in [2.75, 3.05) is 5.32 Å². The number of hydrogen-bond donors (Lipinski definition) is 6. The van der Waals surface area contributed by atoms with Gasteiger partial charge < -0.3 is 26.8 Å². The maximum Gasteiger partial charge on any atom is 0.326 e. The van der Waals surface area contributed by atoms with Gasteiger partial charge in [0.05, 0.1) is 15.6 Å². The van der Waals surface area contributed by atoms with Gasteiger partial charge in [0.25, 0.3) is 5.91 Å². The van der Waals surface area contributed by atoms with E-state index in [0.717, 1.165) is 19.3 Å². The van der Waals surface area contributed by atoms with Crippen molar-refractivity contribution in [2.24, 2.45) is 11.7 Å². The first-order chi connectivity index (χ1) is 16.6. The van der Waals surface area contributed by atoms with Crippen LogP contribution in [0.2, 0.25) is 10.0 Å². The van der Waals surface area contributed by atoms with E-state index in [0.29, 0.717) is 17.7 Å². The molecule has 1 saturated carbocycles.